The molecule has 0 heterocycles. The number of hydrogen-bond acceptors (Lipinski definition) is 3. The molecule has 80 valence electrons. The van der Waals surface area contributed by atoms with E-state index in [0.29, 0.717) is 0 Å². The highest BCUT2D eigenvalue weighted by Gasteiger charge is 2.10. The van der Waals surface area contributed by atoms with Gasteiger partial charge in [-0.15, -0.1) is 0 Å². The summed E-state index contributed by atoms with van der Waals surface area (Å²) in [7, 11) is 1.31. The topological polar surface area (TPSA) is 81.4 Å². The molecule has 1 aromatic rings. The minimum absolute atomic E-state index is 0.00731. The quantitative estimate of drug-likeness (QED) is 0.754. The van der Waals surface area contributed by atoms with Crippen molar-refractivity contribution in [3.8, 4) is 5.75 Å². The summed E-state index contributed by atoms with van der Waals surface area (Å²) in [5.41, 5.74) is 4.73. The third-order valence-corrected chi connectivity index (χ3v) is 1.65. The summed E-state index contributed by atoms with van der Waals surface area (Å²) in [6.07, 6.45) is 0. The minimum atomic E-state index is -0.990. The fourth-order valence-electron chi connectivity index (χ4n) is 0.992. The van der Waals surface area contributed by atoms with Crippen LogP contribution in [0.5, 0.6) is 5.75 Å². The van der Waals surface area contributed by atoms with Gasteiger partial charge in [0.2, 0.25) is 0 Å². The Hall–Kier alpha value is -2.11. The lowest BCUT2D eigenvalue weighted by Gasteiger charge is -2.04. The number of ether oxygens (including phenoxy) is 1. The number of urea groups is 1. The van der Waals surface area contributed by atoms with Crippen LogP contribution in [-0.4, -0.2) is 19.0 Å². The molecule has 0 saturated carbocycles. The molecular formula is C9H9FN2O3. The molecule has 5 nitrogen and oxygen atoms in total. The van der Waals surface area contributed by atoms with Gasteiger partial charge in [-0.2, -0.15) is 0 Å². The molecule has 0 spiro atoms. The predicted molar refractivity (Wildman–Crippen MR) is 50.0 cm³/mol. The number of hydrogen-bond donors (Lipinski definition) is 2. The fraction of sp³-hybridized carbons (Fsp3) is 0.111. The first-order valence-electron chi connectivity index (χ1n) is 3.99. The van der Waals surface area contributed by atoms with Crippen molar-refractivity contribution in [3.63, 3.8) is 0 Å². The van der Waals surface area contributed by atoms with Gasteiger partial charge in [0, 0.05) is 5.56 Å². The van der Waals surface area contributed by atoms with Gasteiger partial charge in [-0.05, 0) is 18.2 Å². The van der Waals surface area contributed by atoms with E-state index in [9.17, 15) is 14.0 Å². The van der Waals surface area contributed by atoms with Crippen molar-refractivity contribution in [1.82, 2.24) is 5.32 Å². The number of carbonyl (C=O) groups excluding carboxylic acids is 2. The largest absolute Gasteiger partial charge is 0.494 e. The number of primary amides is 1. The van der Waals surface area contributed by atoms with Crippen LogP contribution < -0.4 is 15.8 Å². The highest BCUT2D eigenvalue weighted by Crippen LogP contribution is 2.17. The van der Waals surface area contributed by atoms with E-state index in [0.717, 1.165) is 6.07 Å². The molecule has 1 rings (SSSR count). The van der Waals surface area contributed by atoms with Crippen LogP contribution >= 0.6 is 0 Å². The molecule has 0 aromatic heterocycles. The molecular weight excluding hydrogens is 203 g/mol. The second-order valence-corrected chi connectivity index (χ2v) is 2.67. The first-order chi connectivity index (χ1) is 7.04. The molecule has 0 saturated heterocycles. The van der Waals surface area contributed by atoms with Crippen LogP contribution in [0.4, 0.5) is 9.18 Å². The number of imide groups is 1. The standard InChI is InChI=1S/C9H9FN2O3/c1-15-7-3-2-5(4-6(7)10)8(13)12-9(11)14/h2-4H,1H3,(H3,11,12,13,14). The molecule has 3 N–H and O–H groups in total. The Morgan fingerprint density at radius 3 is 2.60 bits per heavy atom. The first kappa shape index (κ1) is 11.0. The van der Waals surface area contributed by atoms with Crippen LogP contribution in [-0.2, 0) is 0 Å². The maximum absolute atomic E-state index is 13.1. The van der Waals surface area contributed by atoms with Gasteiger partial charge in [-0.25, -0.2) is 9.18 Å². The Labute approximate surface area is 85.0 Å². The van der Waals surface area contributed by atoms with E-state index in [1.807, 2.05) is 5.32 Å². The normalized spacial score (nSPS) is 9.47. The zero-order valence-electron chi connectivity index (χ0n) is 7.91. The Kier molecular flexibility index (Phi) is 3.22. The Morgan fingerprint density at radius 2 is 2.13 bits per heavy atom. The molecule has 0 aliphatic carbocycles. The number of nitrogens with one attached hydrogen (secondary N) is 1. The van der Waals surface area contributed by atoms with Gasteiger partial charge in [0.1, 0.15) is 0 Å². The number of methoxy groups -OCH3 is 1. The van der Waals surface area contributed by atoms with Crippen LogP contribution in [0, 0.1) is 5.82 Å². The monoisotopic (exact) mass is 212 g/mol. The first-order valence-corrected chi connectivity index (χ1v) is 3.99. The number of benzene rings is 1. The van der Waals surface area contributed by atoms with Gasteiger partial charge in [0.25, 0.3) is 5.91 Å². The van der Waals surface area contributed by atoms with Gasteiger partial charge in [0.05, 0.1) is 7.11 Å². The predicted octanol–water partition coefficient (Wildman–Crippen LogP) is 0.643. The van der Waals surface area contributed by atoms with Crippen LogP contribution in [0.15, 0.2) is 18.2 Å². The summed E-state index contributed by atoms with van der Waals surface area (Å²) in [5, 5.41) is 1.82. The molecule has 0 atom stereocenters. The van der Waals surface area contributed by atoms with Crippen molar-refractivity contribution in [3.05, 3.63) is 29.6 Å². The average Bonchev–Trinajstić information content (AvgIpc) is 2.16. The third kappa shape index (κ3) is 2.67. The second-order valence-electron chi connectivity index (χ2n) is 2.67. The SMILES string of the molecule is COc1ccc(C(=O)NC(N)=O)cc1F. The van der Waals surface area contributed by atoms with E-state index >= 15 is 0 Å². The van der Waals surface area contributed by atoms with Gasteiger partial charge >= 0.3 is 6.03 Å². The van der Waals surface area contributed by atoms with Gasteiger partial charge in [-0.3, -0.25) is 10.1 Å². The van der Waals surface area contributed by atoms with E-state index in [4.69, 9.17) is 5.73 Å². The van der Waals surface area contributed by atoms with E-state index < -0.39 is 17.8 Å². The molecule has 15 heavy (non-hydrogen) atoms. The maximum atomic E-state index is 13.1. The summed E-state index contributed by atoms with van der Waals surface area (Å²) in [5.74, 6) is -1.43. The zero-order valence-corrected chi connectivity index (χ0v) is 7.91. The molecule has 1 aromatic carbocycles. The van der Waals surface area contributed by atoms with E-state index in [1.165, 1.54) is 19.2 Å². The summed E-state index contributed by atoms with van der Waals surface area (Å²) in [6, 6.07) is 2.57. The summed E-state index contributed by atoms with van der Waals surface area (Å²) in [6.45, 7) is 0. The molecule has 3 amide bonds. The number of amides is 3. The Balaban J connectivity index is 2.92. The summed E-state index contributed by atoms with van der Waals surface area (Å²) >= 11 is 0. The number of carbonyl (C=O) groups is 2. The molecule has 0 unspecified atom stereocenters. The highest BCUT2D eigenvalue weighted by atomic mass is 19.1. The molecule has 0 aliphatic heterocycles. The van der Waals surface area contributed by atoms with Crippen molar-refractivity contribution in [2.75, 3.05) is 7.11 Å². The van der Waals surface area contributed by atoms with Crippen molar-refractivity contribution < 1.29 is 18.7 Å². The molecule has 0 bridgehead atoms. The lowest BCUT2D eigenvalue weighted by atomic mass is 10.2. The van der Waals surface area contributed by atoms with Crippen molar-refractivity contribution in [1.29, 1.82) is 0 Å². The number of nitrogens with two attached hydrogens (primary N) is 1. The van der Waals surface area contributed by atoms with Gasteiger partial charge < -0.3 is 10.5 Å². The van der Waals surface area contributed by atoms with E-state index in [2.05, 4.69) is 4.74 Å². The third-order valence-electron chi connectivity index (χ3n) is 1.65. The van der Waals surface area contributed by atoms with E-state index in [1.54, 1.807) is 0 Å². The smallest absolute Gasteiger partial charge is 0.319 e. The van der Waals surface area contributed by atoms with E-state index in [-0.39, 0.29) is 11.3 Å². The molecule has 6 heteroatoms. The molecule has 0 aliphatic rings. The van der Waals surface area contributed by atoms with Crippen LogP contribution in [0.2, 0.25) is 0 Å². The summed E-state index contributed by atoms with van der Waals surface area (Å²) < 4.78 is 17.8. The van der Waals surface area contributed by atoms with Gasteiger partial charge in [0.15, 0.2) is 11.6 Å². The van der Waals surface area contributed by atoms with Gasteiger partial charge in [-0.1, -0.05) is 0 Å². The lowest BCUT2D eigenvalue weighted by Crippen LogP contribution is -2.34. The maximum Gasteiger partial charge on any atom is 0.319 e. The Morgan fingerprint density at radius 1 is 1.47 bits per heavy atom. The number of halogens is 1. The van der Waals surface area contributed by atoms with Crippen molar-refractivity contribution in [2.24, 2.45) is 5.73 Å². The van der Waals surface area contributed by atoms with Crippen LogP contribution in [0.1, 0.15) is 10.4 Å². The van der Waals surface area contributed by atoms with Crippen LogP contribution in [0.25, 0.3) is 0 Å². The van der Waals surface area contributed by atoms with Crippen molar-refractivity contribution >= 4 is 11.9 Å². The van der Waals surface area contributed by atoms with Crippen LogP contribution in [0.3, 0.4) is 0 Å². The summed E-state index contributed by atoms with van der Waals surface area (Å²) in [4.78, 5) is 21.6. The van der Waals surface area contributed by atoms with Crippen molar-refractivity contribution in [2.45, 2.75) is 0 Å². The molecule has 0 fully saturated rings. The highest BCUT2D eigenvalue weighted by molar-refractivity contribution is 6.03. The number of rotatable bonds is 2. The molecule has 0 radical (unpaired) electrons. The Bertz CT molecular complexity index is 406. The average molecular weight is 212 g/mol. The second kappa shape index (κ2) is 4.41. The lowest BCUT2D eigenvalue weighted by molar-refractivity contribution is 0.0965. The zero-order chi connectivity index (χ0) is 11.4. The minimum Gasteiger partial charge on any atom is -0.494 e. The fourth-order valence-corrected chi connectivity index (χ4v) is 0.992.